The van der Waals surface area contributed by atoms with Crippen LogP contribution in [0.3, 0.4) is 0 Å². The van der Waals surface area contributed by atoms with Crippen LogP contribution in [0.4, 0.5) is 11.4 Å². The average Bonchev–Trinajstić information content (AvgIpc) is 2.82. The predicted molar refractivity (Wildman–Crippen MR) is 128 cm³/mol. The highest BCUT2D eigenvalue weighted by molar-refractivity contribution is 6.30. The summed E-state index contributed by atoms with van der Waals surface area (Å²) in [6, 6.07) is 12.9. The zero-order valence-electron chi connectivity index (χ0n) is 18.7. The van der Waals surface area contributed by atoms with E-state index in [1.54, 1.807) is 19.2 Å². The highest BCUT2D eigenvalue weighted by Gasteiger charge is 2.41. The lowest BCUT2D eigenvalue weighted by atomic mass is 9.83. The summed E-state index contributed by atoms with van der Waals surface area (Å²) in [5.74, 6) is -0.290. The molecule has 0 aromatic heterocycles. The third kappa shape index (κ3) is 5.46. The lowest BCUT2D eigenvalue weighted by Crippen LogP contribution is -2.60. The second kappa shape index (κ2) is 10.5. The summed E-state index contributed by atoms with van der Waals surface area (Å²) in [6.45, 7) is 4.27. The first-order valence-corrected chi connectivity index (χ1v) is 11.6. The molecule has 33 heavy (non-hydrogen) atoms. The van der Waals surface area contributed by atoms with Gasteiger partial charge in [0.1, 0.15) is 0 Å². The molecule has 1 fully saturated rings. The van der Waals surface area contributed by atoms with Crippen LogP contribution in [0.5, 0.6) is 0 Å². The van der Waals surface area contributed by atoms with Crippen LogP contribution in [-0.4, -0.2) is 61.7 Å². The highest BCUT2D eigenvalue weighted by Crippen LogP contribution is 2.38. The Morgan fingerprint density at radius 3 is 2.76 bits per heavy atom. The summed E-state index contributed by atoms with van der Waals surface area (Å²) in [7, 11) is 1.64. The first-order valence-electron chi connectivity index (χ1n) is 11.2. The van der Waals surface area contributed by atoms with Crippen molar-refractivity contribution >= 4 is 28.9 Å². The zero-order valence-corrected chi connectivity index (χ0v) is 19.5. The minimum Gasteiger partial charge on any atom is -0.385 e. The number of ether oxygens (including phenoxy) is 1. The third-order valence-corrected chi connectivity index (χ3v) is 6.72. The lowest BCUT2D eigenvalue weighted by molar-refractivity contribution is -0.384. The van der Waals surface area contributed by atoms with Gasteiger partial charge < -0.3 is 15.0 Å². The number of fused-ring (bicyclic) bond motifs is 3. The molecule has 0 saturated carbocycles. The minimum absolute atomic E-state index is 0.00225. The second-order valence-electron chi connectivity index (χ2n) is 8.64. The number of amides is 1. The fourth-order valence-electron chi connectivity index (χ4n) is 4.83. The molecule has 0 radical (unpaired) electrons. The van der Waals surface area contributed by atoms with E-state index in [1.807, 2.05) is 30.3 Å². The Hall–Kier alpha value is -2.68. The van der Waals surface area contributed by atoms with Crippen molar-refractivity contribution in [3.05, 3.63) is 68.7 Å². The molecule has 2 atom stereocenters. The van der Waals surface area contributed by atoms with E-state index < -0.39 is 0 Å². The van der Waals surface area contributed by atoms with Gasteiger partial charge in [-0.05, 0) is 42.2 Å². The van der Waals surface area contributed by atoms with E-state index in [0.717, 1.165) is 43.9 Å². The van der Waals surface area contributed by atoms with Gasteiger partial charge in [-0.15, -0.1) is 0 Å². The molecule has 2 aromatic carbocycles. The Labute approximate surface area is 198 Å². The fourth-order valence-corrected chi connectivity index (χ4v) is 4.96. The number of hydrogen-bond donors (Lipinski definition) is 1. The van der Waals surface area contributed by atoms with Gasteiger partial charge in [-0.3, -0.25) is 19.8 Å². The molecular formula is C24H29ClN4O4. The van der Waals surface area contributed by atoms with E-state index >= 15 is 0 Å². The van der Waals surface area contributed by atoms with Crippen molar-refractivity contribution in [2.75, 3.05) is 44.8 Å². The van der Waals surface area contributed by atoms with Crippen LogP contribution < -0.4 is 10.2 Å². The van der Waals surface area contributed by atoms with Crippen molar-refractivity contribution in [3.63, 3.8) is 0 Å². The number of non-ortho nitro benzene ring substituents is 1. The van der Waals surface area contributed by atoms with E-state index in [9.17, 15) is 14.9 Å². The van der Waals surface area contributed by atoms with E-state index in [-0.39, 0.29) is 28.5 Å². The van der Waals surface area contributed by atoms with Crippen molar-refractivity contribution < 1.29 is 14.5 Å². The van der Waals surface area contributed by atoms with Gasteiger partial charge in [0.25, 0.3) is 5.69 Å². The van der Waals surface area contributed by atoms with Gasteiger partial charge >= 0.3 is 0 Å². The smallest absolute Gasteiger partial charge is 0.269 e. The van der Waals surface area contributed by atoms with Gasteiger partial charge in [0.15, 0.2) is 0 Å². The second-order valence-corrected chi connectivity index (χ2v) is 9.08. The molecule has 176 valence electrons. The number of halogens is 1. The maximum atomic E-state index is 13.2. The van der Waals surface area contributed by atoms with Crippen LogP contribution in [0.15, 0.2) is 42.5 Å². The number of nitrogens with one attached hydrogen (secondary N) is 1. The number of piperazine rings is 1. The quantitative estimate of drug-likeness (QED) is 0.360. The number of rotatable bonds is 8. The molecule has 2 unspecified atom stereocenters. The number of methoxy groups -OCH3 is 1. The van der Waals surface area contributed by atoms with Crippen molar-refractivity contribution in [1.82, 2.24) is 10.2 Å². The Bertz CT molecular complexity index is 1000. The van der Waals surface area contributed by atoms with Crippen molar-refractivity contribution in [2.45, 2.75) is 25.4 Å². The molecule has 0 spiro atoms. The fraction of sp³-hybridized carbons (Fsp3) is 0.458. The lowest BCUT2D eigenvalue weighted by Gasteiger charge is -2.49. The van der Waals surface area contributed by atoms with Gasteiger partial charge in [-0.2, -0.15) is 0 Å². The molecule has 8 nitrogen and oxygen atoms in total. The summed E-state index contributed by atoms with van der Waals surface area (Å²) >= 11 is 6.02. The van der Waals surface area contributed by atoms with Crippen LogP contribution >= 0.6 is 11.6 Å². The summed E-state index contributed by atoms with van der Waals surface area (Å²) < 4.78 is 5.08. The van der Waals surface area contributed by atoms with Crippen molar-refractivity contribution in [1.29, 1.82) is 0 Å². The molecule has 2 heterocycles. The van der Waals surface area contributed by atoms with Crippen LogP contribution in [-0.2, 0) is 22.5 Å². The molecule has 2 aliphatic heterocycles. The Kier molecular flexibility index (Phi) is 7.47. The monoisotopic (exact) mass is 472 g/mol. The number of nitro benzene ring substituents is 1. The van der Waals surface area contributed by atoms with E-state index in [4.69, 9.17) is 16.3 Å². The summed E-state index contributed by atoms with van der Waals surface area (Å²) in [5, 5.41) is 15.1. The normalized spacial score (nSPS) is 20.1. The standard InChI is InChI=1S/C24H29ClN4O4/c1-33-12-2-9-26-24(30)21-14-18-13-20(29(31)32)7-8-22(18)28-11-10-27(16-23(21)28)15-17-3-5-19(25)6-4-17/h3-8,13,21,23H,2,9-12,14-16H2,1H3,(H,26,30). The Morgan fingerprint density at radius 1 is 1.24 bits per heavy atom. The number of benzene rings is 2. The first-order chi connectivity index (χ1) is 16.0. The number of anilines is 1. The molecular weight excluding hydrogens is 444 g/mol. The van der Waals surface area contributed by atoms with Crippen LogP contribution in [0.25, 0.3) is 0 Å². The van der Waals surface area contributed by atoms with E-state index in [2.05, 4.69) is 15.1 Å². The summed E-state index contributed by atoms with van der Waals surface area (Å²) in [6.07, 6.45) is 1.23. The van der Waals surface area contributed by atoms with Gasteiger partial charge in [-0.1, -0.05) is 23.7 Å². The zero-order chi connectivity index (χ0) is 23.4. The van der Waals surface area contributed by atoms with Gasteiger partial charge in [-0.25, -0.2) is 0 Å². The number of hydrogen-bond acceptors (Lipinski definition) is 6. The van der Waals surface area contributed by atoms with Gasteiger partial charge in [0.05, 0.1) is 16.9 Å². The van der Waals surface area contributed by atoms with Crippen LogP contribution in [0.2, 0.25) is 5.02 Å². The number of carbonyl (C=O) groups is 1. The predicted octanol–water partition coefficient (Wildman–Crippen LogP) is 3.26. The minimum atomic E-state index is -0.379. The highest BCUT2D eigenvalue weighted by atomic mass is 35.5. The van der Waals surface area contributed by atoms with Gasteiger partial charge in [0.2, 0.25) is 5.91 Å². The van der Waals surface area contributed by atoms with Crippen LogP contribution in [0, 0.1) is 16.0 Å². The SMILES string of the molecule is COCCCNC(=O)C1Cc2cc([N+](=O)[O-])ccc2N2CCN(Cc3ccc(Cl)cc3)CC12. The first kappa shape index (κ1) is 23.5. The van der Waals surface area contributed by atoms with Crippen molar-refractivity contribution in [2.24, 2.45) is 5.92 Å². The molecule has 9 heteroatoms. The molecule has 2 aliphatic rings. The average molecular weight is 473 g/mol. The molecule has 1 saturated heterocycles. The molecule has 0 aliphatic carbocycles. The number of carbonyl (C=O) groups excluding carboxylic acids is 1. The maximum Gasteiger partial charge on any atom is 0.269 e. The molecule has 1 N–H and O–H groups in total. The Balaban J connectivity index is 1.55. The maximum absolute atomic E-state index is 13.2. The van der Waals surface area contributed by atoms with Crippen molar-refractivity contribution in [3.8, 4) is 0 Å². The molecule has 1 amide bonds. The molecule has 0 bridgehead atoms. The molecule has 4 rings (SSSR count). The summed E-state index contributed by atoms with van der Waals surface area (Å²) in [5.41, 5.74) is 3.11. The summed E-state index contributed by atoms with van der Waals surface area (Å²) in [4.78, 5) is 28.8. The molecule has 2 aromatic rings. The van der Waals surface area contributed by atoms with E-state index in [1.165, 1.54) is 5.56 Å². The number of nitro groups is 1. The Morgan fingerprint density at radius 2 is 2.03 bits per heavy atom. The number of nitrogens with zero attached hydrogens (tertiary/aromatic N) is 3. The van der Waals surface area contributed by atoms with E-state index in [0.29, 0.717) is 24.6 Å². The topological polar surface area (TPSA) is 87.9 Å². The third-order valence-electron chi connectivity index (χ3n) is 6.47. The van der Waals surface area contributed by atoms with Gasteiger partial charge in [0, 0.05) is 69.3 Å². The van der Waals surface area contributed by atoms with Crippen LogP contribution in [0.1, 0.15) is 17.5 Å². The largest absolute Gasteiger partial charge is 0.385 e.